The van der Waals surface area contributed by atoms with Crippen LogP contribution in [0.25, 0.3) is 16.6 Å². The molecule has 1 saturated carbocycles. The van der Waals surface area contributed by atoms with Crippen LogP contribution in [0.3, 0.4) is 0 Å². The number of halogens is 2. The standard InChI is InChI=1S/C25H25F2NO4/c1-23(2)13-32-25(10-9-24(3,12-25)22(30)31)20-19-17(5-4-6-18(19)29)28(21(20)23)14-7-8-15(26)16(27)11-14/h4-8,11,29H,9-10,12-13H2,1-3H3,(H,30,31)/t24-,25+/m0/s1. The minimum absolute atomic E-state index is 0.0460. The molecule has 7 heteroatoms. The Balaban J connectivity index is 1.89. The zero-order valence-corrected chi connectivity index (χ0v) is 18.2. The molecule has 0 radical (unpaired) electrons. The fourth-order valence-corrected chi connectivity index (χ4v) is 5.56. The van der Waals surface area contributed by atoms with Crippen LogP contribution >= 0.6 is 0 Å². The highest BCUT2D eigenvalue weighted by Crippen LogP contribution is 2.59. The predicted octanol–water partition coefficient (Wildman–Crippen LogP) is 5.39. The van der Waals surface area contributed by atoms with Gasteiger partial charge >= 0.3 is 5.97 Å². The minimum atomic E-state index is -0.961. The number of carboxylic acids is 1. The molecule has 0 amide bonds. The second-order valence-electron chi connectivity index (χ2n) is 10.0. The van der Waals surface area contributed by atoms with Gasteiger partial charge in [-0.25, -0.2) is 8.78 Å². The minimum Gasteiger partial charge on any atom is -0.507 e. The monoisotopic (exact) mass is 441 g/mol. The van der Waals surface area contributed by atoms with Crippen molar-refractivity contribution >= 4 is 16.9 Å². The van der Waals surface area contributed by atoms with Gasteiger partial charge in [-0.15, -0.1) is 0 Å². The zero-order chi connectivity index (χ0) is 23.1. The molecule has 32 heavy (non-hydrogen) atoms. The van der Waals surface area contributed by atoms with Gasteiger partial charge in [0.05, 0.1) is 23.1 Å². The van der Waals surface area contributed by atoms with E-state index in [0.29, 0.717) is 36.0 Å². The molecule has 1 aliphatic carbocycles. The van der Waals surface area contributed by atoms with Gasteiger partial charge in [-0.1, -0.05) is 19.9 Å². The predicted molar refractivity (Wildman–Crippen MR) is 115 cm³/mol. The second kappa shape index (κ2) is 6.54. The number of aromatic hydroxyl groups is 1. The summed E-state index contributed by atoms with van der Waals surface area (Å²) in [4.78, 5) is 12.0. The number of nitrogens with zero attached hydrogens (tertiary/aromatic N) is 1. The number of hydrogen-bond acceptors (Lipinski definition) is 3. The Bertz CT molecular complexity index is 1280. The summed E-state index contributed by atoms with van der Waals surface area (Å²) in [5.41, 5.74) is 0.266. The highest BCUT2D eigenvalue weighted by Gasteiger charge is 2.57. The van der Waals surface area contributed by atoms with E-state index in [4.69, 9.17) is 4.74 Å². The summed E-state index contributed by atoms with van der Waals surface area (Å²) in [5.74, 6) is -2.73. The van der Waals surface area contributed by atoms with Gasteiger partial charge < -0.3 is 19.5 Å². The fourth-order valence-electron chi connectivity index (χ4n) is 5.56. The van der Waals surface area contributed by atoms with Gasteiger partial charge in [0.1, 0.15) is 5.75 Å². The summed E-state index contributed by atoms with van der Waals surface area (Å²) >= 11 is 0. The molecular weight excluding hydrogens is 416 g/mol. The SMILES string of the molecule is CC1(C)CO[C@@]2(CC[C@](C)(C(=O)O)C2)c2c1n(-c1ccc(F)c(F)c1)c1cccc(O)c21. The first-order chi connectivity index (χ1) is 15.0. The highest BCUT2D eigenvalue weighted by atomic mass is 19.2. The maximum Gasteiger partial charge on any atom is 0.309 e. The molecule has 2 atom stereocenters. The van der Waals surface area contributed by atoms with Crippen LogP contribution in [-0.2, 0) is 20.5 Å². The lowest BCUT2D eigenvalue weighted by Crippen LogP contribution is -2.43. The van der Waals surface area contributed by atoms with Crippen molar-refractivity contribution in [3.05, 3.63) is 59.3 Å². The van der Waals surface area contributed by atoms with Crippen molar-refractivity contribution in [2.45, 2.75) is 51.0 Å². The Morgan fingerprint density at radius 1 is 1.09 bits per heavy atom. The highest BCUT2D eigenvalue weighted by molar-refractivity contribution is 5.94. The molecule has 2 aliphatic rings. The van der Waals surface area contributed by atoms with Crippen molar-refractivity contribution < 1.29 is 28.5 Å². The van der Waals surface area contributed by atoms with Crippen molar-refractivity contribution in [2.24, 2.45) is 5.41 Å². The smallest absolute Gasteiger partial charge is 0.309 e. The number of carbonyl (C=O) groups is 1. The van der Waals surface area contributed by atoms with E-state index >= 15 is 0 Å². The van der Waals surface area contributed by atoms with Crippen LogP contribution in [0.15, 0.2) is 36.4 Å². The third-order valence-corrected chi connectivity index (χ3v) is 7.21. The topological polar surface area (TPSA) is 71.7 Å². The van der Waals surface area contributed by atoms with Crippen molar-refractivity contribution in [1.29, 1.82) is 0 Å². The zero-order valence-electron chi connectivity index (χ0n) is 18.2. The summed E-state index contributed by atoms with van der Waals surface area (Å²) in [6, 6.07) is 8.85. The largest absolute Gasteiger partial charge is 0.507 e. The van der Waals surface area contributed by atoms with Crippen LogP contribution in [0.4, 0.5) is 8.78 Å². The number of aliphatic carboxylic acids is 1. The molecule has 168 valence electrons. The van der Waals surface area contributed by atoms with Gasteiger partial charge in [0.2, 0.25) is 0 Å². The van der Waals surface area contributed by atoms with Gasteiger partial charge in [0.15, 0.2) is 11.6 Å². The van der Waals surface area contributed by atoms with Gasteiger partial charge in [-0.05, 0) is 50.5 Å². The number of hydrogen-bond donors (Lipinski definition) is 2. The molecular formula is C25H25F2NO4. The van der Waals surface area contributed by atoms with E-state index in [2.05, 4.69) is 0 Å². The molecule has 1 aliphatic heterocycles. The Morgan fingerprint density at radius 3 is 2.50 bits per heavy atom. The summed E-state index contributed by atoms with van der Waals surface area (Å²) in [6.45, 7) is 6.05. The second-order valence-corrected chi connectivity index (χ2v) is 10.0. The molecule has 2 N–H and O–H groups in total. The number of aromatic nitrogens is 1. The van der Waals surface area contributed by atoms with E-state index in [1.807, 2.05) is 24.5 Å². The first-order valence-electron chi connectivity index (χ1n) is 10.7. The Kier molecular flexibility index (Phi) is 4.28. The van der Waals surface area contributed by atoms with Crippen LogP contribution in [0.2, 0.25) is 0 Å². The average Bonchev–Trinajstić information content (AvgIpc) is 3.27. The fraction of sp³-hybridized carbons (Fsp3) is 0.400. The van der Waals surface area contributed by atoms with Crippen LogP contribution in [0.1, 0.15) is 51.3 Å². The number of rotatable bonds is 2. The van der Waals surface area contributed by atoms with E-state index in [9.17, 15) is 23.8 Å². The van der Waals surface area contributed by atoms with Gasteiger partial charge in [-0.3, -0.25) is 4.79 Å². The Morgan fingerprint density at radius 2 is 1.84 bits per heavy atom. The van der Waals surface area contributed by atoms with Crippen LogP contribution < -0.4 is 0 Å². The third kappa shape index (κ3) is 2.73. The summed E-state index contributed by atoms with van der Waals surface area (Å²) in [5, 5.41) is 21.3. The normalized spacial score (nSPS) is 26.5. The maximum absolute atomic E-state index is 14.2. The van der Waals surface area contributed by atoms with E-state index < -0.39 is 34.0 Å². The molecule has 0 unspecified atom stereocenters. The lowest BCUT2D eigenvalue weighted by atomic mass is 9.75. The average molecular weight is 441 g/mol. The Hall–Kier alpha value is -2.93. The number of phenolic OH excluding ortho intramolecular Hbond substituents is 1. The Labute approximate surface area is 184 Å². The van der Waals surface area contributed by atoms with Crippen molar-refractivity contribution in [3.8, 4) is 11.4 Å². The summed E-state index contributed by atoms with van der Waals surface area (Å²) < 4.78 is 36.2. The molecule has 0 bridgehead atoms. The molecule has 3 aromatic rings. The van der Waals surface area contributed by atoms with E-state index in [-0.39, 0.29) is 12.2 Å². The molecule has 0 saturated heterocycles. The first kappa shape index (κ1) is 20.9. The van der Waals surface area contributed by atoms with Crippen molar-refractivity contribution in [2.75, 3.05) is 6.61 Å². The van der Waals surface area contributed by atoms with Crippen molar-refractivity contribution in [1.82, 2.24) is 4.57 Å². The quantitative estimate of drug-likeness (QED) is 0.559. The number of fused-ring (bicyclic) bond motifs is 4. The van der Waals surface area contributed by atoms with E-state index in [0.717, 1.165) is 23.4 Å². The molecule has 1 aromatic heterocycles. The molecule has 5 nitrogen and oxygen atoms in total. The lowest BCUT2D eigenvalue weighted by Gasteiger charge is -2.43. The maximum atomic E-state index is 14.2. The number of ether oxygens (including phenoxy) is 1. The van der Waals surface area contributed by atoms with E-state index in [1.165, 1.54) is 6.07 Å². The van der Waals surface area contributed by atoms with Gasteiger partial charge in [0.25, 0.3) is 0 Å². The van der Waals surface area contributed by atoms with Crippen molar-refractivity contribution in [3.63, 3.8) is 0 Å². The van der Waals surface area contributed by atoms with Gasteiger partial charge in [0, 0.05) is 33.8 Å². The van der Waals surface area contributed by atoms with Gasteiger partial charge in [-0.2, -0.15) is 0 Å². The number of phenols is 1. The molecule has 2 aromatic carbocycles. The third-order valence-electron chi connectivity index (χ3n) is 7.21. The molecule has 1 spiro atoms. The van der Waals surface area contributed by atoms with Crippen LogP contribution in [0, 0.1) is 17.0 Å². The first-order valence-corrected chi connectivity index (χ1v) is 10.7. The van der Waals surface area contributed by atoms with Crippen LogP contribution in [0.5, 0.6) is 5.75 Å². The lowest BCUT2D eigenvalue weighted by molar-refractivity contribution is -0.150. The number of benzene rings is 2. The molecule has 1 fully saturated rings. The molecule has 2 heterocycles. The number of carboxylic acid groups (broad SMARTS) is 1. The molecule has 5 rings (SSSR count). The summed E-state index contributed by atoms with van der Waals surface area (Å²) in [7, 11) is 0. The van der Waals surface area contributed by atoms with Crippen LogP contribution in [-0.4, -0.2) is 27.4 Å². The van der Waals surface area contributed by atoms with E-state index in [1.54, 1.807) is 19.1 Å². The summed E-state index contributed by atoms with van der Waals surface area (Å²) in [6.07, 6.45) is 1.20.